The van der Waals surface area contributed by atoms with Crippen molar-refractivity contribution in [3.63, 3.8) is 0 Å². The number of aryl methyl sites for hydroxylation is 1. The van der Waals surface area contributed by atoms with Crippen molar-refractivity contribution < 1.29 is 9.72 Å². The van der Waals surface area contributed by atoms with E-state index in [2.05, 4.69) is 0 Å². The number of hydrogen-bond acceptors (Lipinski definition) is 3. The minimum absolute atomic E-state index is 0.129. The number of non-ortho nitro benzene ring substituents is 1. The Bertz CT molecular complexity index is 346. The van der Waals surface area contributed by atoms with Gasteiger partial charge in [-0.15, -0.1) is 0 Å². The third kappa shape index (κ3) is 4.21. The molecule has 1 aromatic rings. The van der Waals surface area contributed by atoms with Gasteiger partial charge in [0.2, 0.25) is 0 Å². The maximum absolute atomic E-state index is 10.4. The summed E-state index contributed by atoms with van der Waals surface area (Å²) < 4.78 is 0. The summed E-state index contributed by atoms with van der Waals surface area (Å²) in [6.07, 6.45) is 5.45. The van der Waals surface area contributed by atoms with Crippen LogP contribution in [0.3, 0.4) is 0 Å². The number of rotatable bonds is 7. The molecule has 0 aliphatic carbocycles. The minimum Gasteiger partial charge on any atom is -0.303 e. The first-order valence-corrected chi connectivity index (χ1v) is 5.41. The maximum Gasteiger partial charge on any atom is 0.269 e. The lowest BCUT2D eigenvalue weighted by atomic mass is 10.1. The second-order valence-corrected chi connectivity index (χ2v) is 3.69. The Morgan fingerprint density at radius 2 is 1.81 bits per heavy atom. The van der Waals surface area contributed by atoms with Crippen LogP contribution >= 0.6 is 0 Å². The molecule has 0 aliphatic rings. The Morgan fingerprint density at radius 3 is 2.38 bits per heavy atom. The second kappa shape index (κ2) is 6.71. The zero-order chi connectivity index (χ0) is 11.8. The van der Waals surface area contributed by atoms with Crippen molar-refractivity contribution in [2.24, 2.45) is 0 Å². The first kappa shape index (κ1) is 12.4. The predicted molar refractivity (Wildman–Crippen MR) is 61.3 cm³/mol. The molecule has 1 aromatic carbocycles. The van der Waals surface area contributed by atoms with Crippen molar-refractivity contribution in [1.82, 2.24) is 0 Å². The van der Waals surface area contributed by atoms with E-state index in [9.17, 15) is 14.9 Å². The van der Waals surface area contributed by atoms with Gasteiger partial charge in [-0.3, -0.25) is 10.1 Å². The Morgan fingerprint density at radius 1 is 1.12 bits per heavy atom. The van der Waals surface area contributed by atoms with E-state index in [4.69, 9.17) is 0 Å². The molecule has 86 valence electrons. The van der Waals surface area contributed by atoms with E-state index in [0.29, 0.717) is 6.42 Å². The molecule has 4 heteroatoms. The molecule has 0 spiro atoms. The highest BCUT2D eigenvalue weighted by molar-refractivity contribution is 5.48. The van der Waals surface area contributed by atoms with E-state index < -0.39 is 4.92 Å². The van der Waals surface area contributed by atoms with Crippen LogP contribution in [-0.4, -0.2) is 11.2 Å². The van der Waals surface area contributed by atoms with Crippen molar-refractivity contribution >= 4 is 12.0 Å². The zero-order valence-electron chi connectivity index (χ0n) is 9.09. The lowest BCUT2D eigenvalue weighted by molar-refractivity contribution is -0.384. The summed E-state index contributed by atoms with van der Waals surface area (Å²) in [5, 5.41) is 10.4. The lowest BCUT2D eigenvalue weighted by Crippen LogP contribution is -1.90. The summed E-state index contributed by atoms with van der Waals surface area (Å²) in [5.41, 5.74) is 1.24. The third-order valence-electron chi connectivity index (χ3n) is 2.43. The van der Waals surface area contributed by atoms with Crippen molar-refractivity contribution in [2.45, 2.75) is 32.1 Å². The molecule has 0 atom stereocenters. The van der Waals surface area contributed by atoms with Crippen LogP contribution in [0.15, 0.2) is 24.3 Å². The van der Waals surface area contributed by atoms with Crippen LogP contribution in [0.4, 0.5) is 5.69 Å². The van der Waals surface area contributed by atoms with Crippen LogP contribution < -0.4 is 0 Å². The fraction of sp³-hybridized carbons (Fsp3) is 0.417. The summed E-state index contributed by atoms with van der Waals surface area (Å²) in [4.78, 5) is 20.1. The molecule has 0 amide bonds. The molecule has 0 radical (unpaired) electrons. The summed E-state index contributed by atoms with van der Waals surface area (Å²) in [7, 11) is 0. The van der Waals surface area contributed by atoms with Crippen LogP contribution in [0.1, 0.15) is 31.2 Å². The van der Waals surface area contributed by atoms with Crippen molar-refractivity contribution in [3.8, 4) is 0 Å². The van der Waals surface area contributed by atoms with E-state index in [1.165, 1.54) is 12.1 Å². The molecule has 16 heavy (non-hydrogen) atoms. The van der Waals surface area contributed by atoms with Crippen LogP contribution in [0.5, 0.6) is 0 Å². The SMILES string of the molecule is O=CCCCCCc1ccc([N+](=O)[O-])cc1. The highest BCUT2D eigenvalue weighted by atomic mass is 16.6. The van der Waals surface area contributed by atoms with E-state index >= 15 is 0 Å². The molecule has 4 nitrogen and oxygen atoms in total. The highest BCUT2D eigenvalue weighted by Crippen LogP contribution is 2.14. The maximum atomic E-state index is 10.4. The monoisotopic (exact) mass is 221 g/mol. The smallest absolute Gasteiger partial charge is 0.269 e. The first-order chi connectivity index (χ1) is 7.74. The number of nitro groups is 1. The number of nitrogens with zero attached hydrogens (tertiary/aromatic N) is 1. The van der Waals surface area contributed by atoms with Gasteiger partial charge in [0.15, 0.2) is 0 Å². The molecule has 0 N–H and O–H groups in total. The Balaban J connectivity index is 2.32. The largest absolute Gasteiger partial charge is 0.303 e. The van der Waals surface area contributed by atoms with E-state index in [1.807, 2.05) is 0 Å². The molecule has 0 heterocycles. The van der Waals surface area contributed by atoms with Crippen molar-refractivity contribution in [1.29, 1.82) is 0 Å². The van der Waals surface area contributed by atoms with Gasteiger partial charge in [0.25, 0.3) is 5.69 Å². The molecule has 0 fully saturated rings. The number of carbonyl (C=O) groups excluding carboxylic acids is 1. The number of hydrogen-bond donors (Lipinski definition) is 0. The predicted octanol–water partition coefficient (Wildman–Crippen LogP) is 2.90. The van der Waals surface area contributed by atoms with Crippen LogP contribution in [0.25, 0.3) is 0 Å². The lowest BCUT2D eigenvalue weighted by Gasteiger charge is -2.00. The highest BCUT2D eigenvalue weighted by Gasteiger charge is 2.03. The van der Waals surface area contributed by atoms with Gasteiger partial charge in [-0.05, 0) is 24.8 Å². The van der Waals surface area contributed by atoms with Gasteiger partial charge < -0.3 is 4.79 Å². The number of unbranched alkanes of at least 4 members (excludes halogenated alkanes) is 3. The van der Waals surface area contributed by atoms with Gasteiger partial charge in [-0.2, -0.15) is 0 Å². The third-order valence-corrected chi connectivity index (χ3v) is 2.43. The van der Waals surface area contributed by atoms with Crippen molar-refractivity contribution in [3.05, 3.63) is 39.9 Å². The van der Waals surface area contributed by atoms with Gasteiger partial charge in [0.1, 0.15) is 6.29 Å². The van der Waals surface area contributed by atoms with Crippen LogP contribution in [0, 0.1) is 10.1 Å². The molecular weight excluding hydrogens is 206 g/mol. The molecule has 0 aliphatic heterocycles. The molecule has 1 rings (SSSR count). The van der Waals surface area contributed by atoms with Crippen LogP contribution in [-0.2, 0) is 11.2 Å². The summed E-state index contributed by atoms with van der Waals surface area (Å²) in [5.74, 6) is 0. The van der Waals surface area contributed by atoms with Gasteiger partial charge in [-0.1, -0.05) is 18.6 Å². The molecular formula is C12H15NO3. The molecule has 0 bridgehead atoms. The normalized spacial score (nSPS) is 10.0. The quantitative estimate of drug-likeness (QED) is 0.308. The molecule has 0 saturated carbocycles. The zero-order valence-corrected chi connectivity index (χ0v) is 9.09. The fourth-order valence-corrected chi connectivity index (χ4v) is 1.52. The minimum atomic E-state index is -0.395. The molecule has 0 unspecified atom stereocenters. The Labute approximate surface area is 94.4 Å². The average Bonchev–Trinajstić information content (AvgIpc) is 2.29. The Hall–Kier alpha value is -1.71. The van der Waals surface area contributed by atoms with E-state index in [1.54, 1.807) is 12.1 Å². The first-order valence-electron chi connectivity index (χ1n) is 5.41. The van der Waals surface area contributed by atoms with Gasteiger partial charge in [-0.25, -0.2) is 0 Å². The number of nitro benzene ring substituents is 1. The molecule has 0 aromatic heterocycles. The fourth-order valence-electron chi connectivity index (χ4n) is 1.52. The Kier molecular flexibility index (Phi) is 5.19. The number of carbonyl (C=O) groups is 1. The summed E-state index contributed by atoms with van der Waals surface area (Å²) >= 11 is 0. The standard InChI is InChI=1S/C12H15NO3/c14-10-4-2-1-3-5-11-6-8-12(9-7-11)13(15)16/h6-10H,1-5H2. The number of aldehydes is 1. The van der Waals surface area contributed by atoms with Gasteiger partial charge in [0, 0.05) is 18.6 Å². The van der Waals surface area contributed by atoms with E-state index in [0.717, 1.165) is 37.5 Å². The number of benzene rings is 1. The summed E-state index contributed by atoms with van der Waals surface area (Å²) in [6.45, 7) is 0. The summed E-state index contributed by atoms with van der Waals surface area (Å²) in [6, 6.07) is 6.64. The molecule has 0 saturated heterocycles. The average molecular weight is 221 g/mol. The van der Waals surface area contributed by atoms with E-state index in [-0.39, 0.29) is 5.69 Å². The van der Waals surface area contributed by atoms with Crippen molar-refractivity contribution in [2.75, 3.05) is 0 Å². The van der Waals surface area contributed by atoms with Gasteiger partial charge in [0.05, 0.1) is 4.92 Å². The second-order valence-electron chi connectivity index (χ2n) is 3.69. The van der Waals surface area contributed by atoms with Crippen LogP contribution in [0.2, 0.25) is 0 Å². The topological polar surface area (TPSA) is 60.2 Å². The van der Waals surface area contributed by atoms with Gasteiger partial charge >= 0.3 is 0 Å².